The number of hydrogen-bond donors (Lipinski definition) is 1. The minimum atomic E-state index is -0.936. The van der Waals surface area contributed by atoms with Crippen molar-refractivity contribution in [2.45, 2.75) is 20.3 Å². The van der Waals surface area contributed by atoms with Crippen LogP contribution in [0.5, 0.6) is 0 Å². The number of nitrogens with one attached hydrogen (secondary N) is 1. The van der Waals surface area contributed by atoms with E-state index < -0.39 is 17.5 Å². The minimum absolute atomic E-state index is 0.0923. The predicted molar refractivity (Wildman–Crippen MR) is 52.2 cm³/mol. The van der Waals surface area contributed by atoms with Gasteiger partial charge in [-0.15, -0.1) is 6.42 Å². The van der Waals surface area contributed by atoms with E-state index in [-0.39, 0.29) is 18.9 Å². The Morgan fingerprint density at radius 2 is 2.13 bits per heavy atom. The molecule has 0 heterocycles. The maximum Gasteiger partial charge on any atom is 0.490 e. The van der Waals surface area contributed by atoms with Crippen LogP contribution in [0.4, 0.5) is 0 Å². The number of rotatable bonds is 5. The Labute approximate surface area is 88.0 Å². The molecule has 0 amide bonds. The largest absolute Gasteiger partial charge is 0.490 e. The van der Waals surface area contributed by atoms with E-state index in [2.05, 4.69) is 15.4 Å². The molecule has 0 radical (unpaired) electrons. The highest BCUT2D eigenvalue weighted by Gasteiger charge is 2.33. The molecule has 80 valence electrons. The fourth-order valence-electron chi connectivity index (χ4n) is 0.865. The molecule has 5 heteroatoms. The third-order valence-electron chi connectivity index (χ3n) is 1.45. The number of Topliss-reactive ketones (excluding diaryl/α,β-unsaturated/α-hetero) is 1. The van der Waals surface area contributed by atoms with Crippen molar-refractivity contribution in [2.24, 2.45) is 5.92 Å². The number of nitrogens with zero attached hydrogens (tertiary/aromatic N) is 1. The Bertz CT molecular complexity index is 346. The highest BCUT2D eigenvalue weighted by Crippen LogP contribution is 2.01. The molecule has 0 aliphatic rings. The van der Waals surface area contributed by atoms with Crippen LogP contribution < -0.4 is 0 Å². The molecule has 0 rings (SSSR count). The van der Waals surface area contributed by atoms with Crippen LogP contribution in [0.2, 0.25) is 0 Å². The monoisotopic (exact) mass is 209 g/mol. The summed E-state index contributed by atoms with van der Waals surface area (Å²) in [6.07, 6.45) is 5.03. The van der Waals surface area contributed by atoms with Gasteiger partial charge in [-0.2, -0.15) is 0 Å². The van der Waals surface area contributed by atoms with E-state index in [0.29, 0.717) is 0 Å². The van der Waals surface area contributed by atoms with Gasteiger partial charge in [0.15, 0.2) is 6.61 Å². The van der Waals surface area contributed by atoms with Crippen LogP contribution in [0.1, 0.15) is 20.3 Å². The molecule has 0 fully saturated rings. The zero-order chi connectivity index (χ0) is 11.8. The van der Waals surface area contributed by atoms with E-state index in [0.717, 1.165) is 0 Å². The molecule has 0 saturated carbocycles. The molecular formula is C10H13N2O3+. The van der Waals surface area contributed by atoms with Crippen LogP contribution in [-0.4, -0.2) is 28.9 Å². The number of esters is 1. The molecule has 1 N–H and O–H groups in total. The van der Waals surface area contributed by atoms with E-state index >= 15 is 0 Å². The first-order chi connectivity index (χ1) is 7.02. The molecule has 0 atom stereocenters. The van der Waals surface area contributed by atoms with Gasteiger partial charge < -0.3 is 4.74 Å². The molecule has 0 saturated heterocycles. The Hall–Kier alpha value is -1.92. The lowest BCUT2D eigenvalue weighted by Crippen LogP contribution is -2.28. The van der Waals surface area contributed by atoms with Crippen LogP contribution >= 0.6 is 0 Å². The van der Waals surface area contributed by atoms with Crippen LogP contribution in [0.15, 0.2) is 0 Å². The first-order valence-corrected chi connectivity index (χ1v) is 4.41. The van der Waals surface area contributed by atoms with Gasteiger partial charge in [0.05, 0.1) is 10.3 Å². The highest BCUT2D eigenvalue weighted by molar-refractivity contribution is 6.62. The molecule has 0 aromatic carbocycles. The number of carbonyl (C=O) groups excluding carboxylic acids is 2. The molecule has 0 unspecified atom stereocenters. The van der Waals surface area contributed by atoms with Crippen molar-refractivity contribution in [3.8, 4) is 12.3 Å². The van der Waals surface area contributed by atoms with Crippen molar-refractivity contribution in [1.29, 1.82) is 5.53 Å². The van der Waals surface area contributed by atoms with Crippen LogP contribution in [-0.2, 0) is 14.3 Å². The predicted octanol–water partition coefficient (Wildman–Crippen LogP) is 0.458. The zero-order valence-corrected chi connectivity index (χ0v) is 8.74. The Balaban J connectivity index is 4.52. The van der Waals surface area contributed by atoms with Crippen molar-refractivity contribution in [2.75, 3.05) is 6.61 Å². The number of ether oxygens (including phenoxy) is 1. The quantitative estimate of drug-likeness (QED) is 0.178. The second-order valence-electron chi connectivity index (χ2n) is 3.26. The molecule has 0 aliphatic heterocycles. The normalized spacial score (nSPS) is 8.93. The standard InChI is InChI=1S/C10H13N2O3/c1-4-5-15-10(14)9(12-11)8(13)6-7(2)3/h1,7,11H,5-6H2,2-3H3/q+1. The third kappa shape index (κ3) is 4.75. The maximum absolute atomic E-state index is 11.4. The maximum atomic E-state index is 11.4. The molecule has 0 aromatic heterocycles. The summed E-state index contributed by atoms with van der Waals surface area (Å²) in [5.74, 6) is 0.744. The van der Waals surface area contributed by atoms with Gasteiger partial charge in [0.25, 0.3) is 5.78 Å². The van der Waals surface area contributed by atoms with Crippen LogP contribution in [0.25, 0.3) is 0 Å². The first-order valence-electron chi connectivity index (χ1n) is 4.41. The Morgan fingerprint density at radius 3 is 2.53 bits per heavy atom. The fraction of sp³-hybridized carbons (Fsp3) is 0.500. The molecule has 5 nitrogen and oxygen atoms in total. The topological polar surface area (TPSA) is 81.3 Å². The van der Waals surface area contributed by atoms with E-state index in [1.807, 2.05) is 13.8 Å². The van der Waals surface area contributed by atoms with E-state index in [1.165, 1.54) is 0 Å². The van der Waals surface area contributed by atoms with Crippen LogP contribution in [0, 0.1) is 23.8 Å². The van der Waals surface area contributed by atoms with E-state index in [4.69, 9.17) is 12.0 Å². The number of hydrogen-bond acceptors (Lipinski definition) is 4. The highest BCUT2D eigenvalue weighted by atomic mass is 16.5. The summed E-state index contributed by atoms with van der Waals surface area (Å²) >= 11 is 0. The fourth-order valence-corrected chi connectivity index (χ4v) is 0.865. The molecular weight excluding hydrogens is 196 g/mol. The van der Waals surface area contributed by atoms with Gasteiger partial charge in [-0.3, -0.25) is 4.79 Å². The van der Waals surface area contributed by atoms with Crippen molar-refractivity contribution in [3.63, 3.8) is 0 Å². The lowest BCUT2D eigenvalue weighted by molar-refractivity contribution is -0.155. The molecule has 15 heavy (non-hydrogen) atoms. The van der Waals surface area contributed by atoms with Gasteiger partial charge in [0.1, 0.15) is 0 Å². The zero-order valence-electron chi connectivity index (χ0n) is 8.74. The minimum Gasteiger partial charge on any atom is -0.443 e. The lowest BCUT2D eigenvalue weighted by atomic mass is 10.0. The number of ketones is 1. The van der Waals surface area contributed by atoms with Gasteiger partial charge in [-0.25, -0.2) is 4.79 Å². The Morgan fingerprint density at radius 1 is 1.53 bits per heavy atom. The van der Waals surface area contributed by atoms with Crippen LogP contribution in [0.3, 0.4) is 0 Å². The molecule has 0 bridgehead atoms. The summed E-state index contributed by atoms with van der Waals surface area (Å²) in [5, 5.41) is 0. The van der Waals surface area contributed by atoms with Gasteiger partial charge >= 0.3 is 11.7 Å². The van der Waals surface area contributed by atoms with Crippen molar-refractivity contribution in [1.82, 2.24) is 0 Å². The lowest BCUT2D eigenvalue weighted by Gasteiger charge is -1.98. The Kier molecular flexibility index (Phi) is 5.69. The van der Waals surface area contributed by atoms with Gasteiger partial charge in [0, 0.05) is 6.42 Å². The van der Waals surface area contributed by atoms with Crippen molar-refractivity contribution in [3.05, 3.63) is 0 Å². The number of terminal acetylenes is 1. The smallest absolute Gasteiger partial charge is 0.443 e. The van der Waals surface area contributed by atoms with Gasteiger partial charge in [0.2, 0.25) is 0 Å². The first kappa shape index (κ1) is 13.1. The third-order valence-corrected chi connectivity index (χ3v) is 1.45. The second-order valence-corrected chi connectivity index (χ2v) is 3.26. The van der Waals surface area contributed by atoms with E-state index in [1.54, 1.807) is 0 Å². The molecule has 0 aliphatic carbocycles. The van der Waals surface area contributed by atoms with Gasteiger partial charge in [-0.1, -0.05) is 19.8 Å². The summed E-state index contributed by atoms with van der Waals surface area (Å²) in [4.78, 5) is 25.4. The average Bonchev–Trinajstić information content (AvgIpc) is 2.14. The van der Waals surface area contributed by atoms with Gasteiger partial charge in [-0.05, 0) is 5.92 Å². The SMILES string of the molecule is C#CCOC(=O)C(=[N+]=N)C(=O)CC(C)C. The summed E-state index contributed by atoms with van der Waals surface area (Å²) in [6.45, 7) is 3.42. The molecule has 0 aromatic rings. The van der Waals surface area contributed by atoms with Crippen molar-refractivity contribution < 1.29 is 19.1 Å². The second kappa shape index (κ2) is 6.52. The summed E-state index contributed by atoms with van der Waals surface area (Å²) < 4.78 is 4.50. The molecule has 0 spiro atoms. The van der Waals surface area contributed by atoms with E-state index in [9.17, 15) is 9.59 Å². The summed E-state index contributed by atoms with van der Waals surface area (Å²) in [5.41, 5.74) is 6.21. The summed E-state index contributed by atoms with van der Waals surface area (Å²) in [7, 11) is 0. The van der Waals surface area contributed by atoms with Crippen molar-refractivity contribution >= 4 is 17.5 Å². The average molecular weight is 209 g/mol. The summed E-state index contributed by atoms with van der Waals surface area (Å²) in [6, 6.07) is 0. The number of carbonyl (C=O) groups is 2.